The predicted octanol–water partition coefficient (Wildman–Crippen LogP) is 2.99. The summed E-state index contributed by atoms with van der Waals surface area (Å²) in [4.78, 5) is 13.5. The largest absolute Gasteiger partial charge is 0.469 e. The van der Waals surface area contributed by atoms with E-state index in [2.05, 4.69) is 30.0 Å². The molecule has 0 saturated heterocycles. The van der Waals surface area contributed by atoms with E-state index in [4.69, 9.17) is 0 Å². The zero-order valence-electron chi connectivity index (χ0n) is 11.5. The third kappa shape index (κ3) is 6.17. The second-order valence-electron chi connectivity index (χ2n) is 4.83. The molecule has 4 heteroatoms. The fraction of sp³-hybridized carbons (Fsp3) is 0.643. The lowest BCUT2D eigenvalue weighted by atomic mass is 10.1. The summed E-state index contributed by atoms with van der Waals surface area (Å²) < 4.78 is 4.65. The van der Waals surface area contributed by atoms with Crippen molar-refractivity contribution in [1.82, 2.24) is 5.32 Å². The molecule has 0 radical (unpaired) electrons. The molecule has 3 nitrogen and oxygen atoms in total. The van der Waals surface area contributed by atoms with Gasteiger partial charge in [-0.05, 0) is 37.4 Å². The number of rotatable bonds is 8. The van der Waals surface area contributed by atoms with Crippen LogP contribution in [0.3, 0.4) is 0 Å². The Morgan fingerprint density at radius 3 is 2.78 bits per heavy atom. The van der Waals surface area contributed by atoms with E-state index in [-0.39, 0.29) is 5.97 Å². The zero-order valence-corrected chi connectivity index (χ0v) is 12.3. The number of esters is 1. The Bertz CT molecular complexity index is 360. The van der Waals surface area contributed by atoms with Gasteiger partial charge in [-0.1, -0.05) is 13.8 Å². The van der Waals surface area contributed by atoms with Crippen molar-refractivity contribution in [1.29, 1.82) is 0 Å². The molecular formula is C14H23NO2S. The van der Waals surface area contributed by atoms with Crippen LogP contribution in [-0.4, -0.2) is 19.6 Å². The summed E-state index contributed by atoms with van der Waals surface area (Å²) in [5, 5.41) is 3.43. The van der Waals surface area contributed by atoms with Gasteiger partial charge >= 0.3 is 5.97 Å². The molecule has 0 bridgehead atoms. The van der Waals surface area contributed by atoms with Crippen LogP contribution in [0.2, 0.25) is 0 Å². The van der Waals surface area contributed by atoms with E-state index >= 15 is 0 Å². The average molecular weight is 269 g/mol. The number of ether oxygens (including phenoxy) is 1. The maximum absolute atomic E-state index is 11.1. The summed E-state index contributed by atoms with van der Waals surface area (Å²) in [6, 6.07) is 4.09. The van der Waals surface area contributed by atoms with Crippen LogP contribution in [0.25, 0.3) is 0 Å². The third-order valence-corrected chi connectivity index (χ3v) is 3.78. The second kappa shape index (κ2) is 8.27. The minimum absolute atomic E-state index is 0.173. The Morgan fingerprint density at radius 2 is 2.11 bits per heavy atom. The number of carbonyl (C=O) groups excluding carboxylic acids is 1. The van der Waals surface area contributed by atoms with E-state index in [0.29, 0.717) is 6.42 Å². The van der Waals surface area contributed by atoms with Gasteiger partial charge in [-0.3, -0.25) is 4.79 Å². The standard InChI is InChI=1S/C14H23NO2S/c1-11(2)5-4-8-15-10-13-7-6-12(18-13)9-14(16)17-3/h6-7,11,15H,4-5,8-10H2,1-3H3. The molecule has 0 fully saturated rings. The van der Waals surface area contributed by atoms with Crippen LogP contribution in [0, 0.1) is 5.92 Å². The van der Waals surface area contributed by atoms with E-state index < -0.39 is 0 Å². The minimum Gasteiger partial charge on any atom is -0.469 e. The molecule has 18 heavy (non-hydrogen) atoms. The molecule has 0 amide bonds. The average Bonchev–Trinajstić information content (AvgIpc) is 2.75. The van der Waals surface area contributed by atoms with Crippen molar-refractivity contribution in [2.24, 2.45) is 5.92 Å². The van der Waals surface area contributed by atoms with Crippen molar-refractivity contribution in [2.75, 3.05) is 13.7 Å². The highest BCUT2D eigenvalue weighted by Gasteiger charge is 2.05. The Morgan fingerprint density at radius 1 is 1.39 bits per heavy atom. The lowest BCUT2D eigenvalue weighted by Gasteiger charge is -2.05. The van der Waals surface area contributed by atoms with Crippen LogP contribution in [0.5, 0.6) is 0 Å². The highest BCUT2D eigenvalue weighted by Crippen LogP contribution is 2.17. The molecule has 1 aromatic heterocycles. The van der Waals surface area contributed by atoms with Crippen LogP contribution in [0.1, 0.15) is 36.4 Å². The number of thiophene rings is 1. The van der Waals surface area contributed by atoms with E-state index in [9.17, 15) is 4.79 Å². The first kappa shape index (κ1) is 15.2. The van der Waals surface area contributed by atoms with Gasteiger partial charge in [-0.25, -0.2) is 0 Å². The van der Waals surface area contributed by atoms with E-state index in [0.717, 1.165) is 23.9 Å². The summed E-state index contributed by atoms with van der Waals surface area (Å²) in [7, 11) is 1.42. The normalized spacial score (nSPS) is 10.9. The Kier molecular flexibility index (Phi) is 6.98. The summed E-state index contributed by atoms with van der Waals surface area (Å²) in [6.45, 7) is 6.45. The monoisotopic (exact) mass is 269 g/mol. The first-order valence-electron chi connectivity index (χ1n) is 6.47. The number of carbonyl (C=O) groups is 1. The molecule has 0 aliphatic carbocycles. The van der Waals surface area contributed by atoms with Crippen molar-refractivity contribution in [3.63, 3.8) is 0 Å². The van der Waals surface area contributed by atoms with Gasteiger partial charge in [0.15, 0.2) is 0 Å². The van der Waals surface area contributed by atoms with Gasteiger partial charge in [-0.15, -0.1) is 11.3 Å². The van der Waals surface area contributed by atoms with Gasteiger partial charge in [0.05, 0.1) is 13.5 Å². The van der Waals surface area contributed by atoms with Gasteiger partial charge in [0.25, 0.3) is 0 Å². The molecule has 0 atom stereocenters. The molecule has 0 aliphatic rings. The lowest BCUT2D eigenvalue weighted by Crippen LogP contribution is -2.14. The molecule has 0 spiro atoms. The van der Waals surface area contributed by atoms with E-state index in [1.807, 2.05) is 6.07 Å². The summed E-state index contributed by atoms with van der Waals surface area (Å²) >= 11 is 1.68. The maximum Gasteiger partial charge on any atom is 0.310 e. The third-order valence-electron chi connectivity index (χ3n) is 2.70. The van der Waals surface area contributed by atoms with Gasteiger partial charge in [-0.2, -0.15) is 0 Å². The molecule has 1 N–H and O–H groups in total. The number of hydrogen-bond donors (Lipinski definition) is 1. The molecule has 1 rings (SSSR count). The number of methoxy groups -OCH3 is 1. The first-order valence-corrected chi connectivity index (χ1v) is 7.28. The predicted molar refractivity (Wildman–Crippen MR) is 75.8 cm³/mol. The van der Waals surface area contributed by atoms with E-state index in [1.54, 1.807) is 11.3 Å². The summed E-state index contributed by atoms with van der Waals surface area (Å²) in [6.07, 6.45) is 2.87. The Hall–Kier alpha value is -0.870. The summed E-state index contributed by atoms with van der Waals surface area (Å²) in [5.74, 6) is 0.605. The SMILES string of the molecule is COC(=O)Cc1ccc(CNCCCC(C)C)s1. The smallest absolute Gasteiger partial charge is 0.310 e. The van der Waals surface area contributed by atoms with Crippen LogP contribution in [0.4, 0.5) is 0 Å². The highest BCUT2D eigenvalue weighted by molar-refractivity contribution is 7.12. The molecule has 0 aliphatic heterocycles. The Balaban J connectivity index is 2.21. The second-order valence-corrected chi connectivity index (χ2v) is 6.09. The van der Waals surface area contributed by atoms with Crippen molar-refractivity contribution < 1.29 is 9.53 Å². The molecule has 0 unspecified atom stereocenters. The molecule has 1 aromatic rings. The number of nitrogens with one attached hydrogen (secondary N) is 1. The van der Waals surface area contributed by atoms with Crippen molar-refractivity contribution >= 4 is 17.3 Å². The maximum atomic E-state index is 11.1. The topological polar surface area (TPSA) is 38.3 Å². The van der Waals surface area contributed by atoms with Crippen LogP contribution >= 0.6 is 11.3 Å². The van der Waals surface area contributed by atoms with Crippen LogP contribution in [-0.2, 0) is 22.5 Å². The fourth-order valence-corrected chi connectivity index (χ4v) is 2.65. The minimum atomic E-state index is -0.173. The molecule has 0 saturated carbocycles. The van der Waals surface area contributed by atoms with Gasteiger partial charge in [0, 0.05) is 16.3 Å². The molecular weight excluding hydrogens is 246 g/mol. The van der Waals surface area contributed by atoms with E-state index in [1.165, 1.54) is 24.8 Å². The zero-order chi connectivity index (χ0) is 13.4. The fourth-order valence-electron chi connectivity index (χ4n) is 1.67. The Labute approximate surface area is 114 Å². The molecule has 0 aromatic carbocycles. The van der Waals surface area contributed by atoms with Crippen LogP contribution < -0.4 is 5.32 Å². The summed E-state index contributed by atoms with van der Waals surface area (Å²) in [5.41, 5.74) is 0. The lowest BCUT2D eigenvalue weighted by molar-refractivity contribution is -0.139. The highest BCUT2D eigenvalue weighted by atomic mass is 32.1. The van der Waals surface area contributed by atoms with Gasteiger partial charge in [0.1, 0.15) is 0 Å². The molecule has 1 heterocycles. The molecule has 102 valence electrons. The van der Waals surface area contributed by atoms with Crippen molar-refractivity contribution in [3.05, 3.63) is 21.9 Å². The van der Waals surface area contributed by atoms with Crippen molar-refractivity contribution in [3.8, 4) is 0 Å². The van der Waals surface area contributed by atoms with Crippen molar-refractivity contribution in [2.45, 2.75) is 39.7 Å². The van der Waals surface area contributed by atoms with Gasteiger partial charge < -0.3 is 10.1 Å². The van der Waals surface area contributed by atoms with Gasteiger partial charge in [0.2, 0.25) is 0 Å². The van der Waals surface area contributed by atoms with Crippen LogP contribution in [0.15, 0.2) is 12.1 Å². The first-order chi connectivity index (χ1) is 8.61. The number of hydrogen-bond acceptors (Lipinski definition) is 4. The quantitative estimate of drug-likeness (QED) is 0.582.